The van der Waals surface area contributed by atoms with Crippen molar-refractivity contribution in [2.75, 3.05) is 6.61 Å². The first kappa shape index (κ1) is 24.0. The Labute approximate surface area is 208 Å². The maximum atomic E-state index is 13.2. The average Bonchev–Trinajstić information content (AvgIpc) is 3.31. The van der Waals surface area contributed by atoms with Gasteiger partial charge in [0.15, 0.2) is 0 Å². The fourth-order valence-electron chi connectivity index (χ4n) is 3.35. The molecule has 0 atom stereocenters. The van der Waals surface area contributed by atoms with Crippen molar-refractivity contribution in [2.45, 2.75) is 4.90 Å². The zero-order valence-corrected chi connectivity index (χ0v) is 20.1. The van der Waals surface area contributed by atoms with Crippen molar-refractivity contribution in [2.24, 2.45) is 0 Å². The van der Waals surface area contributed by atoms with Crippen LogP contribution in [0.3, 0.4) is 0 Å². The van der Waals surface area contributed by atoms with Gasteiger partial charge >= 0.3 is 0 Å². The number of allylic oxidation sites excluding steroid dienone is 1. The van der Waals surface area contributed by atoms with Crippen molar-refractivity contribution in [3.8, 4) is 28.8 Å². The van der Waals surface area contributed by atoms with Gasteiger partial charge in [-0.25, -0.2) is 13.1 Å². The van der Waals surface area contributed by atoms with Gasteiger partial charge in [0.25, 0.3) is 0 Å². The van der Waals surface area contributed by atoms with E-state index >= 15 is 0 Å². The first-order chi connectivity index (χ1) is 16.9. The van der Waals surface area contributed by atoms with Gasteiger partial charge in [-0.05, 0) is 66.7 Å². The Morgan fingerprint density at radius 3 is 2.37 bits per heavy atom. The summed E-state index contributed by atoms with van der Waals surface area (Å²) in [7, 11) is -4.06. The summed E-state index contributed by atoms with van der Waals surface area (Å²) >= 11 is 5.89. The first-order valence-electron chi connectivity index (χ1n) is 10.5. The molecule has 174 valence electrons. The Bertz CT molecular complexity index is 1520. The number of aromatic nitrogens is 2. The molecular weight excluding hydrogens is 482 g/mol. The summed E-state index contributed by atoms with van der Waals surface area (Å²) in [5, 5.41) is 14.9. The molecule has 0 N–H and O–H groups in total. The molecule has 0 fully saturated rings. The third kappa shape index (κ3) is 5.35. The average molecular weight is 502 g/mol. The lowest BCUT2D eigenvalue weighted by molar-refractivity contribution is 0.363. The quantitative estimate of drug-likeness (QED) is 0.215. The van der Waals surface area contributed by atoms with Crippen LogP contribution in [0.25, 0.3) is 23.0 Å². The third-order valence-electron chi connectivity index (χ3n) is 5.07. The molecule has 0 aliphatic carbocycles. The number of hydrogen-bond acceptors (Lipinski definition) is 5. The molecule has 0 amide bonds. The molecule has 3 aromatic carbocycles. The first-order valence-corrected chi connectivity index (χ1v) is 12.4. The number of benzene rings is 3. The van der Waals surface area contributed by atoms with Crippen molar-refractivity contribution in [1.29, 1.82) is 5.26 Å². The summed E-state index contributed by atoms with van der Waals surface area (Å²) in [5.41, 5.74) is 2.52. The van der Waals surface area contributed by atoms with Crippen molar-refractivity contribution in [3.05, 3.63) is 113 Å². The Morgan fingerprint density at radius 2 is 1.74 bits per heavy atom. The van der Waals surface area contributed by atoms with Crippen LogP contribution in [0.2, 0.25) is 5.02 Å². The van der Waals surface area contributed by atoms with Gasteiger partial charge in [-0.15, -0.1) is 0 Å². The highest BCUT2D eigenvalue weighted by atomic mass is 35.5. The van der Waals surface area contributed by atoms with Crippen LogP contribution in [0.15, 0.2) is 108 Å². The van der Waals surface area contributed by atoms with E-state index in [9.17, 15) is 13.7 Å². The molecule has 6 nitrogen and oxygen atoms in total. The topological polar surface area (TPSA) is 85.0 Å². The molecule has 0 radical (unpaired) electrons. The highest BCUT2D eigenvalue weighted by molar-refractivity contribution is 7.95. The highest BCUT2D eigenvalue weighted by Crippen LogP contribution is 2.30. The number of para-hydroxylation sites is 1. The van der Waals surface area contributed by atoms with Crippen LogP contribution in [-0.2, 0) is 9.84 Å². The summed E-state index contributed by atoms with van der Waals surface area (Å²) in [6.45, 7) is 4.02. The lowest BCUT2D eigenvalue weighted by Crippen LogP contribution is -2.03. The Kier molecular flexibility index (Phi) is 7.16. The van der Waals surface area contributed by atoms with Gasteiger partial charge in [0.05, 0.1) is 10.6 Å². The molecule has 0 spiro atoms. The molecule has 1 aromatic heterocycles. The number of nitrogens with zero attached hydrogens (tertiary/aromatic N) is 3. The van der Waals surface area contributed by atoms with E-state index in [2.05, 4.69) is 11.7 Å². The molecule has 35 heavy (non-hydrogen) atoms. The maximum absolute atomic E-state index is 13.2. The van der Waals surface area contributed by atoms with Gasteiger partial charge in [-0.3, -0.25) is 0 Å². The van der Waals surface area contributed by atoms with E-state index in [1.165, 1.54) is 30.3 Å². The summed E-state index contributed by atoms with van der Waals surface area (Å²) in [4.78, 5) is -0.421. The SMILES string of the molecule is C=CCOc1ccc(-c2nn(-c3ccccc3)cc2C=C(C#N)S(=O)(=O)c2ccc(Cl)cc2)cc1. The minimum atomic E-state index is -4.06. The standard InChI is InChI=1S/C27H20ClN3O3S/c1-2-16-34-24-12-8-20(9-13-24)27-21(19-31(30-27)23-6-4-3-5-7-23)17-26(18-29)35(32,33)25-14-10-22(28)11-15-25/h2-15,17,19H,1,16H2. The Hall–Kier alpha value is -4.12. The van der Waals surface area contributed by atoms with Crippen LogP contribution in [0.1, 0.15) is 5.56 Å². The molecule has 0 aliphatic heterocycles. The highest BCUT2D eigenvalue weighted by Gasteiger charge is 2.22. The second-order valence-corrected chi connectivity index (χ2v) is 9.77. The molecule has 1 heterocycles. The minimum Gasteiger partial charge on any atom is -0.490 e. The molecule has 8 heteroatoms. The number of halogens is 1. The van der Waals surface area contributed by atoms with E-state index < -0.39 is 14.7 Å². The number of ether oxygens (including phenoxy) is 1. The second kappa shape index (κ2) is 10.4. The minimum absolute atomic E-state index is 0.0181. The molecule has 0 unspecified atom stereocenters. The molecule has 0 saturated heterocycles. The number of rotatable bonds is 8. The number of hydrogen-bond donors (Lipinski definition) is 0. The smallest absolute Gasteiger partial charge is 0.216 e. The second-order valence-electron chi connectivity index (χ2n) is 7.41. The van der Waals surface area contributed by atoms with Crippen molar-refractivity contribution < 1.29 is 13.2 Å². The van der Waals surface area contributed by atoms with Gasteiger partial charge in [-0.2, -0.15) is 10.4 Å². The van der Waals surface area contributed by atoms with E-state index in [0.717, 1.165) is 11.3 Å². The molecule has 4 rings (SSSR count). The van der Waals surface area contributed by atoms with Crippen molar-refractivity contribution in [1.82, 2.24) is 9.78 Å². The zero-order chi connectivity index (χ0) is 24.8. The van der Waals surface area contributed by atoms with Gasteiger partial charge in [-0.1, -0.05) is 42.5 Å². The van der Waals surface area contributed by atoms with E-state index in [1.54, 1.807) is 29.1 Å². The predicted octanol–water partition coefficient (Wildman–Crippen LogP) is 6.10. The third-order valence-corrected chi connectivity index (χ3v) is 7.00. The van der Waals surface area contributed by atoms with Crippen LogP contribution in [0.5, 0.6) is 5.75 Å². The van der Waals surface area contributed by atoms with E-state index in [4.69, 9.17) is 16.3 Å². The number of nitriles is 1. The molecule has 0 aliphatic rings. The molecule has 0 saturated carbocycles. The summed E-state index contributed by atoms with van der Waals surface area (Å²) in [6, 6.07) is 24.2. The molecular formula is C27H20ClN3O3S. The fraction of sp³-hybridized carbons (Fsp3) is 0.0370. The van der Waals surface area contributed by atoms with E-state index in [-0.39, 0.29) is 4.90 Å². The largest absolute Gasteiger partial charge is 0.490 e. The molecule has 4 aromatic rings. The van der Waals surface area contributed by atoms with Crippen LogP contribution in [0, 0.1) is 11.3 Å². The lowest BCUT2D eigenvalue weighted by atomic mass is 10.1. The van der Waals surface area contributed by atoms with Gasteiger partial charge < -0.3 is 4.74 Å². The zero-order valence-electron chi connectivity index (χ0n) is 18.5. The fourth-order valence-corrected chi connectivity index (χ4v) is 4.62. The van der Waals surface area contributed by atoms with Crippen LogP contribution in [-0.4, -0.2) is 24.8 Å². The summed E-state index contributed by atoms with van der Waals surface area (Å²) in [6.07, 6.45) is 4.69. The van der Waals surface area contributed by atoms with Gasteiger partial charge in [0, 0.05) is 22.3 Å². The van der Waals surface area contributed by atoms with E-state index in [0.29, 0.717) is 28.6 Å². The van der Waals surface area contributed by atoms with Crippen molar-refractivity contribution in [3.63, 3.8) is 0 Å². The maximum Gasteiger partial charge on any atom is 0.216 e. The van der Waals surface area contributed by atoms with Crippen LogP contribution >= 0.6 is 11.6 Å². The Balaban J connectivity index is 1.82. The van der Waals surface area contributed by atoms with Crippen molar-refractivity contribution >= 4 is 27.5 Å². The molecule has 0 bridgehead atoms. The van der Waals surface area contributed by atoms with Crippen LogP contribution < -0.4 is 4.74 Å². The predicted molar refractivity (Wildman–Crippen MR) is 137 cm³/mol. The lowest BCUT2D eigenvalue weighted by Gasteiger charge is -2.05. The monoisotopic (exact) mass is 501 g/mol. The van der Waals surface area contributed by atoms with E-state index in [1.807, 2.05) is 48.5 Å². The van der Waals surface area contributed by atoms with Gasteiger partial charge in [0.1, 0.15) is 29.0 Å². The normalized spacial score (nSPS) is 11.6. The summed E-state index contributed by atoms with van der Waals surface area (Å²) in [5.74, 6) is 0.663. The Morgan fingerprint density at radius 1 is 1.06 bits per heavy atom. The van der Waals surface area contributed by atoms with Gasteiger partial charge in [0.2, 0.25) is 9.84 Å². The number of sulfone groups is 1. The summed E-state index contributed by atoms with van der Waals surface area (Å²) < 4.78 is 33.5. The van der Waals surface area contributed by atoms with Crippen LogP contribution in [0.4, 0.5) is 0 Å².